The second-order valence-electron chi connectivity index (χ2n) is 7.72. The number of carbonyl (C=O) groups excluding carboxylic acids is 2. The SMILES string of the molecule is CNC(=O)c1cc(C(=O)N[C@H]2[C@@H]3C[C@H](O)C[C@@H]32)cc([C@H](OC)c2ccccc2)n1. The van der Waals surface area contributed by atoms with Gasteiger partial charge in [-0.3, -0.25) is 9.59 Å². The highest BCUT2D eigenvalue weighted by Gasteiger charge is 2.56. The van der Waals surface area contributed by atoms with Crippen molar-refractivity contribution in [2.24, 2.45) is 11.8 Å². The lowest BCUT2D eigenvalue weighted by atomic mass is 10.0. The van der Waals surface area contributed by atoms with E-state index in [1.165, 1.54) is 13.1 Å². The minimum atomic E-state index is -0.497. The van der Waals surface area contributed by atoms with Gasteiger partial charge in [0.15, 0.2) is 0 Å². The van der Waals surface area contributed by atoms with Crippen LogP contribution in [0.4, 0.5) is 0 Å². The summed E-state index contributed by atoms with van der Waals surface area (Å²) in [6, 6.07) is 12.8. The van der Waals surface area contributed by atoms with Gasteiger partial charge in [0.25, 0.3) is 11.8 Å². The molecule has 7 nitrogen and oxygen atoms in total. The average molecular weight is 395 g/mol. The molecule has 4 rings (SSSR count). The van der Waals surface area contributed by atoms with Crippen molar-refractivity contribution in [3.05, 3.63) is 65.0 Å². The molecular weight excluding hydrogens is 370 g/mol. The average Bonchev–Trinajstić information content (AvgIpc) is 3.18. The first-order chi connectivity index (χ1) is 14.0. The highest BCUT2D eigenvalue weighted by molar-refractivity contribution is 5.99. The zero-order valence-electron chi connectivity index (χ0n) is 16.5. The molecule has 0 saturated heterocycles. The summed E-state index contributed by atoms with van der Waals surface area (Å²) in [6.45, 7) is 0. The van der Waals surface area contributed by atoms with E-state index in [0.717, 1.165) is 18.4 Å². The van der Waals surface area contributed by atoms with E-state index in [9.17, 15) is 14.7 Å². The maximum Gasteiger partial charge on any atom is 0.269 e. The predicted molar refractivity (Wildman–Crippen MR) is 106 cm³/mol. The molecule has 0 radical (unpaired) electrons. The van der Waals surface area contributed by atoms with Crippen LogP contribution in [0, 0.1) is 11.8 Å². The molecular formula is C22H25N3O4. The number of fused-ring (bicyclic) bond motifs is 1. The van der Waals surface area contributed by atoms with E-state index in [1.807, 2.05) is 30.3 Å². The Balaban J connectivity index is 1.62. The van der Waals surface area contributed by atoms with Crippen LogP contribution in [0.25, 0.3) is 0 Å². The van der Waals surface area contributed by atoms with Crippen LogP contribution in [0.15, 0.2) is 42.5 Å². The summed E-state index contributed by atoms with van der Waals surface area (Å²) in [7, 11) is 3.10. The number of rotatable bonds is 6. The van der Waals surface area contributed by atoms with Crippen molar-refractivity contribution in [3.63, 3.8) is 0 Å². The number of aliphatic hydroxyl groups is 1. The summed E-state index contributed by atoms with van der Waals surface area (Å²) in [4.78, 5) is 29.6. The molecule has 2 amide bonds. The second-order valence-corrected chi connectivity index (χ2v) is 7.72. The maximum absolute atomic E-state index is 12.9. The molecule has 2 fully saturated rings. The fourth-order valence-corrected chi connectivity index (χ4v) is 4.38. The van der Waals surface area contributed by atoms with Crippen LogP contribution in [-0.4, -0.2) is 48.2 Å². The number of aliphatic hydroxyl groups excluding tert-OH is 1. The number of amides is 2. The largest absolute Gasteiger partial charge is 0.393 e. The number of carbonyl (C=O) groups is 2. The van der Waals surface area contributed by atoms with Crippen LogP contribution < -0.4 is 10.6 Å². The first kappa shape index (κ1) is 19.5. The number of ether oxygens (including phenoxy) is 1. The van der Waals surface area contributed by atoms with Gasteiger partial charge in [0.1, 0.15) is 11.8 Å². The Morgan fingerprint density at radius 2 is 1.83 bits per heavy atom. The van der Waals surface area contributed by atoms with Crippen LogP contribution in [-0.2, 0) is 4.74 Å². The van der Waals surface area contributed by atoms with E-state index in [2.05, 4.69) is 15.6 Å². The zero-order chi connectivity index (χ0) is 20.5. The molecule has 0 aliphatic heterocycles. The molecule has 5 atom stereocenters. The van der Waals surface area contributed by atoms with Crippen LogP contribution in [0.2, 0.25) is 0 Å². The van der Waals surface area contributed by atoms with Crippen molar-refractivity contribution in [2.45, 2.75) is 31.1 Å². The first-order valence-corrected chi connectivity index (χ1v) is 9.82. The number of pyridine rings is 1. The van der Waals surface area contributed by atoms with E-state index < -0.39 is 6.10 Å². The standard InChI is InChI=1S/C22H25N3O4/c1-23-22(28)18-9-13(21(27)25-19-15-10-14(26)11-16(15)19)8-17(24-18)20(29-2)12-6-4-3-5-7-12/h3-9,14-16,19-20,26H,10-11H2,1-2H3,(H,23,28)(H,25,27)/t14-,15+,16-,19-,20-/m1/s1. The molecule has 1 aromatic carbocycles. The first-order valence-electron chi connectivity index (χ1n) is 9.82. The lowest BCUT2D eigenvalue weighted by molar-refractivity contribution is 0.0935. The lowest BCUT2D eigenvalue weighted by Gasteiger charge is -2.17. The summed E-state index contributed by atoms with van der Waals surface area (Å²) in [5.41, 5.74) is 1.92. The molecule has 0 unspecified atom stereocenters. The molecule has 2 saturated carbocycles. The molecule has 2 aliphatic rings. The third-order valence-corrected chi connectivity index (χ3v) is 5.89. The van der Waals surface area contributed by atoms with Gasteiger partial charge >= 0.3 is 0 Å². The zero-order valence-corrected chi connectivity index (χ0v) is 16.5. The quantitative estimate of drug-likeness (QED) is 0.691. The lowest BCUT2D eigenvalue weighted by Crippen LogP contribution is -2.31. The number of nitrogens with zero attached hydrogens (tertiary/aromatic N) is 1. The fourth-order valence-electron chi connectivity index (χ4n) is 4.38. The van der Waals surface area contributed by atoms with Gasteiger partial charge < -0.3 is 20.5 Å². The Kier molecular flexibility index (Phi) is 5.34. The third kappa shape index (κ3) is 3.88. The minimum Gasteiger partial charge on any atom is -0.393 e. The van der Waals surface area contributed by atoms with Crippen molar-refractivity contribution >= 4 is 11.8 Å². The van der Waals surface area contributed by atoms with Gasteiger partial charge in [0.05, 0.1) is 11.8 Å². The van der Waals surface area contributed by atoms with Crippen molar-refractivity contribution in [2.75, 3.05) is 14.2 Å². The van der Waals surface area contributed by atoms with Gasteiger partial charge in [-0.2, -0.15) is 0 Å². The van der Waals surface area contributed by atoms with E-state index in [0.29, 0.717) is 23.1 Å². The number of hydrogen-bond donors (Lipinski definition) is 3. The van der Waals surface area contributed by atoms with Gasteiger partial charge in [-0.05, 0) is 42.4 Å². The van der Waals surface area contributed by atoms with Gasteiger partial charge in [-0.15, -0.1) is 0 Å². The molecule has 29 heavy (non-hydrogen) atoms. The van der Waals surface area contributed by atoms with Crippen molar-refractivity contribution in [1.82, 2.24) is 15.6 Å². The highest BCUT2D eigenvalue weighted by Crippen LogP contribution is 2.52. The molecule has 0 spiro atoms. The van der Waals surface area contributed by atoms with Gasteiger partial charge in [0, 0.05) is 25.8 Å². The van der Waals surface area contributed by atoms with Crippen molar-refractivity contribution < 1.29 is 19.4 Å². The summed E-state index contributed by atoms with van der Waals surface area (Å²) < 4.78 is 5.64. The summed E-state index contributed by atoms with van der Waals surface area (Å²) >= 11 is 0. The van der Waals surface area contributed by atoms with E-state index in [4.69, 9.17) is 4.74 Å². The topological polar surface area (TPSA) is 101 Å². The van der Waals surface area contributed by atoms with E-state index in [1.54, 1.807) is 13.2 Å². The van der Waals surface area contributed by atoms with Crippen molar-refractivity contribution in [3.8, 4) is 0 Å². The summed E-state index contributed by atoms with van der Waals surface area (Å²) in [5, 5.41) is 15.3. The molecule has 152 valence electrons. The van der Waals surface area contributed by atoms with Crippen LogP contribution in [0.1, 0.15) is 51.0 Å². The number of hydrogen-bond acceptors (Lipinski definition) is 5. The van der Waals surface area contributed by atoms with Gasteiger partial charge in [-0.25, -0.2) is 4.98 Å². The Hall–Kier alpha value is -2.77. The Morgan fingerprint density at radius 1 is 1.14 bits per heavy atom. The highest BCUT2D eigenvalue weighted by atomic mass is 16.5. The molecule has 7 heteroatoms. The molecule has 1 aromatic heterocycles. The number of aromatic nitrogens is 1. The molecule has 3 N–H and O–H groups in total. The summed E-state index contributed by atoms with van der Waals surface area (Å²) in [6.07, 6.45) is 0.725. The number of nitrogens with one attached hydrogen (secondary N) is 2. The van der Waals surface area contributed by atoms with Crippen molar-refractivity contribution in [1.29, 1.82) is 0 Å². The Labute approximate surface area is 169 Å². The second kappa shape index (κ2) is 7.93. The van der Waals surface area contributed by atoms with E-state index in [-0.39, 0.29) is 29.7 Å². The summed E-state index contributed by atoms with van der Waals surface area (Å²) in [5.74, 6) is 0.0975. The molecule has 2 aliphatic carbocycles. The third-order valence-electron chi connectivity index (χ3n) is 5.89. The monoisotopic (exact) mass is 395 g/mol. The molecule has 0 bridgehead atoms. The van der Waals surface area contributed by atoms with Crippen LogP contribution in [0.5, 0.6) is 0 Å². The minimum absolute atomic E-state index is 0.0957. The van der Waals surface area contributed by atoms with Gasteiger partial charge in [0.2, 0.25) is 0 Å². The molecule has 1 heterocycles. The van der Waals surface area contributed by atoms with Crippen LogP contribution >= 0.6 is 0 Å². The van der Waals surface area contributed by atoms with Crippen LogP contribution in [0.3, 0.4) is 0 Å². The normalized spacial score (nSPS) is 25.8. The smallest absolute Gasteiger partial charge is 0.269 e. The number of methoxy groups -OCH3 is 1. The Morgan fingerprint density at radius 3 is 2.45 bits per heavy atom. The number of benzene rings is 1. The van der Waals surface area contributed by atoms with Gasteiger partial charge in [-0.1, -0.05) is 30.3 Å². The predicted octanol–water partition coefficient (Wildman–Crippen LogP) is 1.68. The fraction of sp³-hybridized carbons (Fsp3) is 0.409. The Bertz CT molecular complexity index is 906. The maximum atomic E-state index is 12.9. The molecule has 2 aromatic rings. The van der Waals surface area contributed by atoms with E-state index >= 15 is 0 Å².